The lowest BCUT2D eigenvalue weighted by molar-refractivity contribution is 0.672. The van der Waals surface area contributed by atoms with E-state index in [9.17, 15) is 0 Å². The number of hydrogen-bond donors (Lipinski definition) is 0. The predicted octanol–water partition coefficient (Wildman–Crippen LogP) is 13.2. The molecule has 0 N–H and O–H groups in total. The summed E-state index contributed by atoms with van der Waals surface area (Å²) in [7, 11) is 0. The van der Waals surface area contributed by atoms with Crippen molar-refractivity contribution in [2.75, 3.05) is 4.90 Å². The molecule has 10 aromatic rings. The molecule has 234 valence electrons. The Kier molecular flexibility index (Phi) is 6.49. The molecule has 10 rings (SSSR count). The summed E-state index contributed by atoms with van der Waals surface area (Å²) in [5, 5.41) is 9.20. The summed E-state index contributed by atoms with van der Waals surface area (Å²) in [6.07, 6.45) is 1.97. The van der Waals surface area contributed by atoms with E-state index in [2.05, 4.69) is 169 Å². The van der Waals surface area contributed by atoms with Crippen molar-refractivity contribution in [1.29, 1.82) is 0 Å². The van der Waals surface area contributed by atoms with E-state index in [0.717, 1.165) is 61.0 Å². The first-order valence-corrected chi connectivity index (χ1v) is 17.0. The van der Waals surface area contributed by atoms with E-state index in [4.69, 9.17) is 9.40 Å². The van der Waals surface area contributed by atoms with Crippen LogP contribution in [0.4, 0.5) is 17.2 Å². The van der Waals surface area contributed by atoms with Crippen LogP contribution in [0.1, 0.15) is 0 Å². The van der Waals surface area contributed by atoms with Crippen molar-refractivity contribution in [2.45, 2.75) is 0 Å². The average Bonchev–Trinajstić information content (AvgIpc) is 3.57. The second kappa shape index (κ2) is 11.5. The van der Waals surface area contributed by atoms with Gasteiger partial charge in [-0.15, -0.1) is 0 Å². The summed E-state index contributed by atoms with van der Waals surface area (Å²) < 4.78 is 6.50. The fourth-order valence-electron chi connectivity index (χ4n) is 7.44. The number of para-hydroxylation sites is 2. The molecule has 0 amide bonds. The van der Waals surface area contributed by atoms with Gasteiger partial charge < -0.3 is 4.42 Å². The van der Waals surface area contributed by atoms with Gasteiger partial charge in [0, 0.05) is 39.0 Å². The molecule has 0 unspecified atom stereocenters. The van der Waals surface area contributed by atoms with Crippen LogP contribution in [-0.4, -0.2) is 4.98 Å². The van der Waals surface area contributed by atoms with Gasteiger partial charge in [-0.1, -0.05) is 133 Å². The molecule has 8 aromatic carbocycles. The maximum Gasteiger partial charge on any atom is 0.143 e. The van der Waals surface area contributed by atoms with E-state index in [1.54, 1.807) is 0 Å². The summed E-state index contributed by atoms with van der Waals surface area (Å²) in [6.45, 7) is 0. The van der Waals surface area contributed by atoms with Crippen molar-refractivity contribution in [3.63, 3.8) is 0 Å². The molecular formula is C47H30N2O. The van der Waals surface area contributed by atoms with Crippen LogP contribution in [0.2, 0.25) is 0 Å². The van der Waals surface area contributed by atoms with E-state index >= 15 is 0 Å². The minimum Gasteiger partial charge on any atom is -0.455 e. The zero-order valence-electron chi connectivity index (χ0n) is 27.1. The lowest BCUT2D eigenvalue weighted by Crippen LogP contribution is -2.12. The Balaban J connectivity index is 1.18. The van der Waals surface area contributed by atoms with E-state index in [0.29, 0.717) is 0 Å². The Morgan fingerprint density at radius 1 is 0.420 bits per heavy atom. The van der Waals surface area contributed by atoms with Crippen LogP contribution in [0.25, 0.3) is 76.5 Å². The number of aromatic nitrogens is 1. The Morgan fingerprint density at radius 3 is 2.00 bits per heavy atom. The summed E-state index contributed by atoms with van der Waals surface area (Å²) in [5.74, 6) is 0.816. The predicted molar refractivity (Wildman–Crippen MR) is 210 cm³/mol. The molecule has 0 atom stereocenters. The molecule has 0 spiro atoms. The quantitative estimate of drug-likeness (QED) is 0.188. The molecule has 0 bridgehead atoms. The van der Waals surface area contributed by atoms with Crippen molar-refractivity contribution in [3.8, 4) is 22.3 Å². The summed E-state index contributed by atoms with van der Waals surface area (Å²) in [5.41, 5.74) is 8.49. The maximum absolute atomic E-state index is 6.50. The fourth-order valence-corrected chi connectivity index (χ4v) is 7.44. The largest absolute Gasteiger partial charge is 0.455 e. The molecule has 0 fully saturated rings. The summed E-state index contributed by atoms with van der Waals surface area (Å²) in [6, 6.07) is 62.5. The van der Waals surface area contributed by atoms with Crippen molar-refractivity contribution in [2.24, 2.45) is 0 Å². The van der Waals surface area contributed by atoms with Gasteiger partial charge in [-0.25, -0.2) is 4.98 Å². The zero-order chi connectivity index (χ0) is 33.0. The van der Waals surface area contributed by atoms with Gasteiger partial charge in [-0.05, 0) is 80.7 Å². The van der Waals surface area contributed by atoms with Crippen LogP contribution in [0.15, 0.2) is 187 Å². The number of pyridine rings is 1. The number of fused-ring (bicyclic) bond motifs is 7. The van der Waals surface area contributed by atoms with Gasteiger partial charge in [0.15, 0.2) is 0 Å². The third kappa shape index (κ3) is 4.63. The molecule has 3 heteroatoms. The second-order valence-electron chi connectivity index (χ2n) is 12.8. The number of hydrogen-bond acceptors (Lipinski definition) is 3. The molecule has 0 radical (unpaired) electrons. The molecule has 3 nitrogen and oxygen atoms in total. The highest BCUT2D eigenvalue weighted by molar-refractivity contribution is 6.15. The first kappa shape index (κ1) is 28.3. The van der Waals surface area contributed by atoms with E-state index in [-0.39, 0.29) is 0 Å². The molecule has 0 aliphatic carbocycles. The highest BCUT2D eigenvalue weighted by Gasteiger charge is 2.20. The van der Waals surface area contributed by atoms with Crippen LogP contribution >= 0.6 is 0 Å². The number of nitrogens with zero attached hydrogens (tertiary/aromatic N) is 2. The Labute approximate surface area is 289 Å². The average molecular weight is 639 g/mol. The molecular weight excluding hydrogens is 609 g/mol. The SMILES string of the molecule is c1ccc(N(c2ccc(-c3cccc4ccccc34)cc2)c2cc3c(ccc4c5ccccc5oc34)cn2)c(-c2ccc3ccccc3c2)c1. The smallest absolute Gasteiger partial charge is 0.143 e. The first-order valence-electron chi connectivity index (χ1n) is 17.0. The van der Waals surface area contributed by atoms with Gasteiger partial charge in [0.25, 0.3) is 0 Å². The highest BCUT2D eigenvalue weighted by atomic mass is 16.3. The maximum atomic E-state index is 6.50. The van der Waals surface area contributed by atoms with Crippen molar-refractivity contribution < 1.29 is 4.42 Å². The van der Waals surface area contributed by atoms with Crippen LogP contribution in [-0.2, 0) is 0 Å². The Hall–Kier alpha value is -6.71. The second-order valence-corrected chi connectivity index (χ2v) is 12.8. The zero-order valence-corrected chi connectivity index (χ0v) is 27.1. The topological polar surface area (TPSA) is 29.3 Å². The van der Waals surface area contributed by atoms with E-state index in [1.165, 1.54) is 32.7 Å². The number of furan rings is 1. The molecule has 2 heterocycles. The molecule has 0 aliphatic heterocycles. The fraction of sp³-hybridized carbons (Fsp3) is 0. The van der Waals surface area contributed by atoms with Crippen LogP contribution in [0.5, 0.6) is 0 Å². The Morgan fingerprint density at radius 2 is 1.10 bits per heavy atom. The lowest BCUT2D eigenvalue weighted by Gasteiger charge is -2.27. The normalized spacial score (nSPS) is 11.6. The van der Waals surface area contributed by atoms with Gasteiger partial charge in [0.2, 0.25) is 0 Å². The van der Waals surface area contributed by atoms with Crippen molar-refractivity contribution >= 4 is 71.4 Å². The van der Waals surface area contributed by atoms with Crippen LogP contribution in [0.3, 0.4) is 0 Å². The van der Waals surface area contributed by atoms with Gasteiger partial charge in [-0.2, -0.15) is 0 Å². The molecule has 0 aliphatic rings. The van der Waals surface area contributed by atoms with Gasteiger partial charge in [-0.3, -0.25) is 4.90 Å². The Bertz CT molecular complexity index is 2880. The minimum atomic E-state index is 0.816. The van der Waals surface area contributed by atoms with Gasteiger partial charge in [0.05, 0.1) is 5.69 Å². The number of anilines is 3. The van der Waals surface area contributed by atoms with E-state index < -0.39 is 0 Å². The summed E-state index contributed by atoms with van der Waals surface area (Å²) in [4.78, 5) is 7.39. The van der Waals surface area contributed by atoms with Crippen LogP contribution in [0, 0.1) is 0 Å². The standard InChI is InChI=1S/C47H30N2O/c1-2-12-34-28-35(21-20-31(34)10-1)40-15-5-7-18-44(40)49(37-25-22-33(23-26-37)39-17-9-13-32-11-3-4-14-38(32)39)46-29-43-36(30-48-46)24-27-42-41-16-6-8-19-45(41)50-47(42)43/h1-30H. The molecule has 0 saturated heterocycles. The summed E-state index contributed by atoms with van der Waals surface area (Å²) >= 11 is 0. The number of rotatable bonds is 5. The van der Waals surface area contributed by atoms with Gasteiger partial charge in [0.1, 0.15) is 17.0 Å². The third-order valence-corrected chi connectivity index (χ3v) is 9.89. The molecule has 50 heavy (non-hydrogen) atoms. The number of benzene rings is 8. The minimum absolute atomic E-state index is 0.816. The molecule has 2 aromatic heterocycles. The van der Waals surface area contributed by atoms with Crippen LogP contribution < -0.4 is 4.90 Å². The van der Waals surface area contributed by atoms with Crippen molar-refractivity contribution in [1.82, 2.24) is 4.98 Å². The van der Waals surface area contributed by atoms with Gasteiger partial charge >= 0.3 is 0 Å². The highest BCUT2D eigenvalue weighted by Crippen LogP contribution is 2.43. The first-order chi connectivity index (χ1) is 24.8. The molecule has 0 saturated carbocycles. The monoisotopic (exact) mass is 638 g/mol. The third-order valence-electron chi connectivity index (χ3n) is 9.89. The lowest BCUT2D eigenvalue weighted by atomic mass is 9.97. The van der Waals surface area contributed by atoms with Crippen molar-refractivity contribution in [3.05, 3.63) is 182 Å². The van der Waals surface area contributed by atoms with E-state index in [1.807, 2.05) is 18.3 Å².